The van der Waals surface area contributed by atoms with Gasteiger partial charge in [-0.2, -0.15) is 0 Å². The number of thioether (sulfide) groups is 1. The van der Waals surface area contributed by atoms with Crippen molar-refractivity contribution in [1.82, 2.24) is 0 Å². The van der Waals surface area contributed by atoms with E-state index >= 15 is 0 Å². The number of rotatable bonds is 8. The normalized spacial score (nSPS) is 11.8. The van der Waals surface area contributed by atoms with Crippen LogP contribution in [0.3, 0.4) is 0 Å². The number of benzene rings is 3. The first kappa shape index (κ1) is 20.9. The highest BCUT2D eigenvalue weighted by Crippen LogP contribution is 2.26. The molecule has 0 fully saturated rings. The topological polar surface area (TPSA) is 58.2 Å². The molecule has 0 aliphatic carbocycles. The van der Waals surface area contributed by atoms with Crippen LogP contribution in [-0.2, 0) is 9.59 Å². The van der Waals surface area contributed by atoms with Gasteiger partial charge in [-0.1, -0.05) is 43.7 Å². The van der Waals surface area contributed by atoms with Crippen molar-refractivity contribution in [1.29, 1.82) is 0 Å². The lowest BCUT2D eigenvalue weighted by Crippen LogP contribution is -2.22. The van der Waals surface area contributed by atoms with E-state index in [2.05, 4.69) is 23.6 Å². The molecule has 0 aliphatic heterocycles. The number of anilines is 2. The molecule has 2 N–H and O–H groups in total. The van der Waals surface area contributed by atoms with Crippen molar-refractivity contribution in [3.63, 3.8) is 0 Å². The molecule has 0 aliphatic rings. The van der Waals surface area contributed by atoms with Crippen molar-refractivity contribution in [2.24, 2.45) is 0 Å². The van der Waals surface area contributed by atoms with E-state index in [1.165, 1.54) is 11.8 Å². The molecule has 1 atom stereocenters. The van der Waals surface area contributed by atoms with E-state index in [0.29, 0.717) is 6.42 Å². The first-order chi connectivity index (χ1) is 14.0. The summed E-state index contributed by atoms with van der Waals surface area (Å²) in [5.41, 5.74) is 1.58. The van der Waals surface area contributed by atoms with Crippen LogP contribution in [0.25, 0.3) is 10.8 Å². The summed E-state index contributed by atoms with van der Waals surface area (Å²) in [6, 6.07) is 21.6. The minimum atomic E-state index is -0.244. The van der Waals surface area contributed by atoms with Crippen molar-refractivity contribution in [2.75, 3.05) is 10.6 Å². The van der Waals surface area contributed by atoms with Crippen LogP contribution in [0.5, 0.6) is 0 Å². The van der Waals surface area contributed by atoms with Crippen LogP contribution >= 0.6 is 11.8 Å². The van der Waals surface area contributed by atoms with Crippen LogP contribution in [0.2, 0.25) is 0 Å². The summed E-state index contributed by atoms with van der Waals surface area (Å²) in [6.45, 7) is 3.96. The lowest BCUT2D eigenvalue weighted by molar-refractivity contribution is -0.116. The Morgan fingerprint density at radius 3 is 2.31 bits per heavy atom. The average molecular weight is 407 g/mol. The number of carbonyl (C=O) groups is 2. The molecule has 0 bridgehead atoms. The summed E-state index contributed by atoms with van der Waals surface area (Å²) in [6.07, 6.45) is 2.44. The number of unbranched alkanes of at least 4 members (excludes halogenated alkanes) is 1. The van der Waals surface area contributed by atoms with Crippen LogP contribution in [-0.4, -0.2) is 17.1 Å². The molecule has 0 heterocycles. The molecule has 5 heteroatoms. The Morgan fingerprint density at radius 1 is 0.897 bits per heavy atom. The summed E-state index contributed by atoms with van der Waals surface area (Å²) in [4.78, 5) is 25.4. The third-order valence-corrected chi connectivity index (χ3v) is 5.71. The lowest BCUT2D eigenvalue weighted by Gasteiger charge is -2.13. The van der Waals surface area contributed by atoms with E-state index in [1.807, 2.05) is 67.6 Å². The minimum Gasteiger partial charge on any atom is -0.326 e. The first-order valence-corrected chi connectivity index (χ1v) is 10.8. The third-order valence-electron chi connectivity index (χ3n) is 4.59. The van der Waals surface area contributed by atoms with E-state index in [0.717, 1.165) is 39.9 Å². The molecular weight excluding hydrogens is 380 g/mol. The zero-order chi connectivity index (χ0) is 20.6. The molecule has 0 spiro atoms. The Bertz CT molecular complexity index is 986. The molecule has 0 saturated heterocycles. The predicted molar refractivity (Wildman–Crippen MR) is 122 cm³/mol. The summed E-state index contributed by atoms with van der Waals surface area (Å²) in [5.74, 6) is -0.00221. The molecule has 1 unspecified atom stereocenters. The van der Waals surface area contributed by atoms with Crippen LogP contribution in [0.15, 0.2) is 71.6 Å². The van der Waals surface area contributed by atoms with Gasteiger partial charge in [0.1, 0.15) is 0 Å². The predicted octanol–water partition coefficient (Wildman–Crippen LogP) is 6.09. The van der Waals surface area contributed by atoms with Crippen molar-refractivity contribution in [3.05, 3.63) is 66.7 Å². The Morgan fingerprint density at radius 2 is 1.59 bits per heavy atom. The molecule has 0 saturated carbocycles. The van der Waals surface area contributed by atoms with E-state index in [-0.39, 0.29) is 17.1 Å². The highest BCUT2D eigenvalue weighted by atomic mass is 32.2. The highest BCUT2D eigenvalue weighted by molar-refractivity contribution is 8.00. The molecule has 0 aromatic heterocycles. The Kier molecular flexibility index (Phi) is 7.30. The fourth-order valence-electron chi connectivity index (χ4n) is 2.95. The Hall–Kier alpha value is -2.79. The molecule has 3 aromatic rings. The zero-order valence-electron chi connectivity index (χ0n) is 16.8. The van der Waals surface area contributed by atoms with Crippen LogP contribution in [0.4, 0.5) is 11.4 Å². The standard InChI is InChI=1S/C24H26N2O2S/c1-3-4-9-23(27)25-20-12-14-22(15-13-20)29-17(2)24(28)26-21-11-10-18-7-5-6-8-19(18)16-21/h5-8,10-17H,3-4,9H2,1-2H3,(H,25,27)(H,26,28). The highest BCUT2D eigenvalue weighted by Gasteiger charge is 2.15. The second-order valence-corrected chi connectivity index (χ2v) is 8.40. The van der Waals surface area contributed by atoms with E-state index in [1.54, 1.807) is 0 Å². The maximum atomic E-state index is 12.6. The van der Waals surface area contributed by atoms with Gasteiger partial charge in [0.05, 0.1) is 5.25 Å². The molecule has 2 amide bonds. The second kappa shape index (κ2) is 10.1. The fourth-order valence-corrected chi connectivity index (χ4v) is 3.81. The monoisotopic (exact) mass is 406 g/mol. The SMILES string of the molecule is CCCCC(=O)Nc1ccc(SC(C)C(=O)Nc2ccc3ccccc3c2)cc1. The van der Waals surface area contributed by atoms with Crippen molar-refractivity contribution >= 4 is 45.7 Å². The molecule has 150 valence electrons. The lowest BCUT2D eigenvalue weighted by atomic mass is 10.1. The summed E-state index contributed by atoms with van der Waals surface area (Å²) in [5, 5.41) is 7.90. The van der Waals surface area contributed by atoms with Crippen LogP contribution in [0, 0.1) is 0 Å². The quantitative estimate of drug-likeness (QED) is 0.445. The number of carbonyl (C=O) groups excluding carboxylic acids is 2. The van der Waals surface area contributed by atoms with Gasteiger partial charge in [0.2, 0.25) is 11.8 Å². The summed E-state index contributed by atoms with van der Waals surface area (Å²) in [7, 11) is 0. The zero-order valence-corrected chi connectivity index (χ0v) is 17.6. The molecule has 3 aromatic carbocycles. The number of hydrogen-bond acceptors (Lipinski definition) is 3. The van der Waals surface area contributed by atoms with E-state index in [4.69, 9.17) is 0 Å². The van der Waals surface area contributed by atoms with Crippen molar-refractivity contribution in [3.8, 4) is 0 Å². The van der Waals surface area contributed by atoms with Crippen LogP contribution in [0.1, 0.15) is 33.1 Å². The van der Waals surface area contributed by atoms with Crippen molar-refractivity contribution in [2.45, 2.75) is 43.3 Å². The fraction of sp³-hybridized carbons (Fsp3) is 0.250. The van der Waals surface area contributed by atoms with Gasteiger partial charge >= 0.3 is 0 Å². The van der Waals surface area contributed by atoms with Gasteiger partial charge in [-0.25, -0.2) is 0 Å². The average Bonchev–Trinajstić information content (AvgIpc) is 2.73. The number of amides is 2. The van der Waals surface area contributed by atoms with Gasteiger partial charge in [0.25, 0.3) is 0 Å². The largest absolute Gasteiger partial charge is 0.326 e. The molecule has 29 heavy (non-hydrogen) atoms. The molecule has 3 rings (SSSR count). The molecule has 4 nitrogen and oxygen atoms in total. The van der Waals surface area contributed by atoms with E-state index < -0.39 is 0 Å². The maximum Gasteiger partial charge on any atom is 0.237 e. The van der Waals surface area contributed by atoms with Gasteiger partial charge in [0, 0.05) is 22.7 Å². The third kappa shape index (κ3) is 6.09. The van der Waals surface area contributed by atoms with Gasteiger partial charge in [-0.15, -0.1) is 11.8 Å². The Labute approximate surface area is 176 Å². The maximum absolute atomic E-state index is 12.6. The van der Waals surface area contributed by atoms with E-state index in [9.17, 15) is 9.59 Å². The number of nitrogens with one attached hydrogen (secondary N) is 2. The molecular formula is C24H26N2O2S. The van der Waals surface area contributed by atoms with Crippen molar-refractivity contribution < 1.29 is 9.59 Å². The summed E-state index contributed by atoms with van der Waals surface area (Å²) < 4.78 is 0. The minimum absolute atomic E-state index is 0.0374. The van der Waals surface area contributed by atoms with Gasteiger partial charge in [-0.3, -0.25) is 9.59 Å². The number of hydrogen-bond donors (Lipinski definition) is 2. The molecule has 0 radical (unpaired) electrons. The Balaban J connectivity index is 1.55. The number of fused-ring (bicyclic) bond motifs is 1. The summed E-state index contributed by atoms with van der Waals surface area (Å²) >= 11 is 1.49. The van der Waals surface area contributed by atoms with Crippen LogP contribution < -0.4 is 10.6 Å². The second-order valence-electron chi connectivity index (χ2n) is 6.99. The van der Waals surface area contributed by atoms with Gasteiger partial charge < -0.3 is 10.6 Å². The smallest absolute Gasteiger partial charge is 0.237 e. The van der Waals surface area contributed by atoms with Gasteiger partial charge in [0.15, 0.2) is 0 Å². The van der Waals surface area contributed by atoms with Gasteiger partial charge in [-0.05, 0) is 60.5 Å². The first-order valence-electron chi connectivity index (χ1n) is 9.91.